The summed E-state index contributed by atoms with van der Waals surface area (Å²) in [6.45, 7) is 4.72. The molecule has 0 atom stereocenters. The number of hydrogen-bond acceptors (Lipinski definition) is 3. The monoisotopic (exact) mass is 180 g/mol. The average molecular weight is 180 g/mol. The Morgan fingerprint density at radius 2 is 2.00 bits per heavy atom. The molecule has 0 aliphatic rings. The van der Waals surface area contributed by atoms with Crippen LogP contribution >= 0.6 is 0 Å². The van der Waals surface area contributed by atoms with Crippen LogP contribution in [0.2, 0.25) is 0 Å². The highest BCUT2D eigenvalue weighted by molar-refractivity contribution is 7.89. The zero-order valence-corrected chi connectivity index (χ0v) is 7.82. The lowest BCUT2D eigenvalue weighted by molar-refractivity contribution is 0.569. The maximum absolute atomic E-state index is 10.4. The molecule has 0 aromatic rings. The molecule has 0 bridgehead atoms. The Bertz CT molecular complexity index is 187. The summed E-state index contributed by atoms with van der Waals surface area (Å²) in [7, 11) is -3.26. The van der Waals surface area contributed by atoms with Crippen molar-refractivity contribution in [3.05, 3.63) is 0 Å². The second-order valence-electron chi connectivity index (χ2n) is 2.83. The minimum Gasteiger partial charge on any atom is -0.314 e. The maximum atomic E-state index is 10.4. The maximum Gasteiger partial charge on any atom is 0.209 e. The molecule has 11 heavy (non-hydrogen) atoms. The van der Waals surface area contributed by atoms with Gasteiger partial charge in [0.25, 0.3) is 0 Å². The van der Waals surface area contributed by atoms with Crippen molar-refractivity contribution in [2.75, 3.05) is 12.3 Å². The van der Waals surface area contributed by atoms with Crippen LogP contribution < -0.4 is 10.5 Å². The summed E-state index contributed by atoms with van der Waals surface area (Å²) in [5.41, 5.74) is 0. The normalized spacial score (nSPS) is 12.4. The van der Waals surface area contributed by atoms with E-state index in [1.807, 2.05) is 13.8 Å². The van der Waals surface area contributed by atoms with E-state index in [-0.39, 0.29) is 5.75 Å². The average Bonchev–Trinajstić information content (AvgIpc) is 1.78. The van der Waals surface area contributed by atoms with Gasteiger partial charge in [-0.3, -0.25) is 0 Å². The van der Waals surface area contributed by atoms with E-state index in [4.69, 9.17) is 5.14 Å². The molecule has 5 heteroatoms. The van der Waals surface area contributed by atoms with E-state index >= 15 is 0 Å². The second kappa shape index (κ2) is 4.69. The van der Waals surface area contributed by atoms with Crippen LogP contribution in [0.4, 0.5) is 0 Å². The van der Waals surface area contributed by atoms with Crippen molar-refractivity contribution in [1.29, 1.82) is 0 Å². The largest absolute Gasteiger partial charge is 0.314 e. The molecular formula is C6H16N2O2S. The number of rotatable bonds is 5. The Balaban J connectivity index is 3.30. The fourth-order valence-corrected chi connectivity index (χ4v) is 1.21. The fourth-order valence-electron chi connectivity index (χ4n) is 0.664. The highest BCUT2D eigenvalue weighted by Gasteiger charge is 2.01. The summed E-state index contributed by atoms with van der Waals surface area (Å²) in [5.74, 6) is 0.0622. The topological polar surface area (TPSA) is 72.2 Å². The van der Waals surface area contributed by atoms with Crippen LogP contribution in [-0.4, -0.2) is 26.8 Å². The molecule has 0 amide bonds. The standard InChI is InChI=1S/C6H16N2O2S/c1-6(2)8-4-3-5-11(7,9)10/h6,8H,3-5H2,1-2H3,(H2,7,9,10). The summed E-state index contributed by atoms with van der Waals surface area (Å²) in [6.07, 6.45) is 0.580. The Kier molecular flexibility index (Phi) is 4.63. The summed E-state index contributed by atoms with van der Waals surface area (Å²) >= 11 is 0. The molecule has 0 saturated heterocycles. The molecule has 0 unspecified atom stereocenters. The molecule has 0 spiro atoms. The van der Waals surface area contributed by atoms with Crippen LogP contribution in [0.1, 0.15) is 20.3 Å². The van der Waals surface area contributed by atoms with Gasteiger partial charge in [-0.15, -0.1) is 0 Å². The van der Waals surface area contributed by atoms with Gasteiger partial charge in [0.1, 0.15) is 0 Å². The van der Waals surface area contributed by atoms with Gasteiger partial charge < -0.3 is 5.32 Å². The van der Waals surface area contributed by atoms with Gasteiger partial charge in [-0.25, -0.2) is 13.6 Å². The molecule has 0 saturated carbocycles. The molecule has 0 fully saturated rings. The first kappa shape index (κ1) is 10.9. The van der Waals surface area contributed by atoms with Crippen molar-refractivity contribution in [1.82, 2.24) is 5.32 Å². The molecule has 0 radical (unpaired) electrons. The Morgan fingerprint density at radius 1 is 1.45 bits per heavy atom. The van der Waals surface area contributed by atoms with Crippen molar-refractivity contribution in [3.8, 4) is 0 Å². The molecule has 0 aliphatic heterocycles. The van der Waals surface area contributed by atoms with Crippen molar-refractivity contribution in [3.63, 3.8) is 0 Å². The van der Waals surface area contributed by atoms with Gasteiger partial charge in [-0.05, 0) is 13.0 Å². The molecule has 68 valence electrons. The first-order chi connectivity index (χ1) is 4.92. The SMILES string of the molecule is CC(C)NCCCS(N)(=O)=O. The van der Waals surface area contributed by atoms with Crippen molar-refractivity contribution in [2.24, 2.45) is 5.14 Å². The fraction of sp³-hybridized carbons (Fsp3) is 1.00. The van der Waals surface area contributed by atoms with Crippen molar-refractivity contribution < 1.29 is 8.42 Å². The first-order valence-corrected chi connectivity index (χ1v) is 5.37. The highest BCUT2D eigenvalue weighted by Crippen LogP contribution is 1.84. The van der Waals surface area contributed by atoms with Crippen molar-refractivity contribution >= 4 is 10.0 Å². The number of hydrogen-bond donors (Lipinski definition) is 2. The van der Waals surface area contributed by atoms with E-state index in [1.54, 1.807) is 0 Å². The Labute approximate surface area is 68.2 Å². The minimum absolute atomic E-state index is 0.0622. The number of nitrogens with one attached hydrogen (secondary N) is 1. The summed E-state index contributed by atoms with van der Waals surface area (Å²) in [5, 5.41) is 7.89. The predicted molar refractivity (Wildman–Crippen MR) is 45.7 cm³/mol. The summed E-state index contributed by atoms with van der Waals surface area (Å²) in [6, 6.07) is 0.399. The Morgan fingerprint density at radius 3 is 2.36 bits per heavy atom. The van der Waals surface area contributed by atoms with E-state index in [0.29, 0.717) is 19.0 Å². The van der Waals surface area contributed by atoms with Gasteiger partial charge in [0.05, 0.1) is 5.75 Å². The van der Waals surface area contributed by atoms with Gasteiger partial charge in [0.2, 0.25) is 10.0 Å². The lowest BCUT2D eigenvalue weighted by atomic mass is 10.4. The van der Waals surface area contributed by atoms with E-state index < -0.39 is 10.0 Å². The lowest BCUT2D eigenvalue weighted by Gasteiger charge is -2.06. The van der Waals surface area contributed by atoms with E-state index in [0.717, 1.165) is 0 Å². The molecular weight excluding hydrogens is 164 g/mol. The van der Waals surface area contributed by atoms with E-state index in [2.05, 4.69) is 5.32 Å². The molecule has 0 aromatic heterocycles. The zero-order chi connectivity index (χ0) is 8.91. The zero-order valence-electron chi connectivity index (χ0n) is 7.00. The van der Waals surface area contributed by atoms with E-state index in [1.165, 1.54) is 0 Å². The predicted octanol–water partition coefficient (Wildman–Crippen LogP) is -0.337. The van der Waals surface area contributed by atoms with E-state index in [9.17, 15) is 8.42 Å². The van der Waals surface area contributed by atoms with Gasteiger partial charge >= 0.3 is 0 Å². The minimum atomic E-state index is -3.26. The third kappa shape index (κ3) is 9.87. The summed E-state index contributed by atoms with van der Waals surface area (Å²) < 4.78 is 20.9. The first-order valence-electron chi connectivity index (χ1n) is 3.65. The molecule has 0 heterocycles. The summed E-state index contributed by atoms with van der Waals surface area (Å²) in [4.78, 5) is 0. The smallest absolute Gasteiger partial charge is 0.209 e. The van der Waals surface area contributed by atoms with Crippen LogP contribution in [-0.2, 0) is 10.0 Å². The third-order valence-corrected chi connectivity index (χ3v) is 2.02. The quantitative estimate of drug-likeness (QED) is 0.569. The lowest BCUT2D eigenvalue weighted by Crippen LogP contribution is -2.26. The van der Waals surface area contributed by atoms with Gasteiger partial charge in [0.15, 0.2) is 0 Å². The Hall–Kier alpha value is -0.130. The third-order valence-electron chi connectivity index (χ3n) is 1.16. The molecule has 0 aliphatic carbocycles. The molecule has 4 nitrogen and oxygen atoms in total. The molecule has 3 N–H and O–H groups in total. The van der Waals surface area contributed by atoms with Gasteiger partial charge in [0, 0.05) is 6.04 Å². The van der Waals surface area contributed by atoms with Gasteiger partial charge in [-0.1, -0.05) is 13.8 Å². The van der Waals surface area contributed by atoms with Crippen LogP contribution in [0.3, 0.4) is 0 Å². The van der Waals surface area contributed by atoms with Crippen LogP contribution in [0, 0.1) is 0 Å². The molecule has 0 aromatic carbocycles. The highest BCUT2D eigenvalue weighted by atomic mass is 32.2. The number of sulfonamides is 1. The second-order valence-corrected chi connectivity index (χ2v) is 4.56. The number of nitrogens with two attached hydrogens (primary N) is 1. The van der Waals surface area contributed by atoms with Crippen LogP contribution in [0.5, 0.6) is 0 Å². The van der Waals surface area contributed by atoms with Crippen LogP contribution in [0.25, 0.3) is 0 Å². The van der Waals surface area contributed by atoms with Crippen molar-refractivity contribution in [2.45, 2.75) is 26.3 Å². The molecule has 0 rings (SSSR count). The van der Waals surface area contributed by atoms with Crippen LogP contribution in [0.15, 0.2) is 0 Å². The number of primary sulfonamides is 1. The van der Waals surface area contributed by atoms with Gasteiger partial charge in [-0.2, -0.15) is 0 Å².